The van der Waals surface area contributed by atoms with E-state index in [0.29, 0.717) is 22.1 Å². The molecule has 2 aromatic rings. The normalized spacial score (nSPS) is 12.8. The number of carbonyl (C=O) groups excluding carboxylic acids is 1. The van der Waals surface area contributed by atoms with Gasteiger partial charge in [-0.05, 0) is 35.9 Å². The number of ether oxygens (including phenoxy) is 2. The Hall–Kier alpha value is -2.46. The second-order valence-electron chi connectivity index (χ2n) is 4.48. The van der Waals surface area contributed by atoms with Crippen LogP contribution in [0, 0.1) is 0 Å². The molecule has 0 atom stereocenters. The zero-order chi connectivity index (χ0) is 14.8. The summed E-state index contributed by atoms with van der Waals surface area (Å²) in [4.78, 5) is 12.0. The Balaban J connectivity index is 1.83. The number of halogens is 1. The molecule has 0 fully saturated rings. The lowest BCUT2D eigenvalue weighted by Crippen LogP contribution is -1.93. The minimum atomic E-state index is -0.209. The highest BCUT2D eigenvalue weighted by Gasteiger charge is 2.17. The molecule has 1 heterocycles. The van der Waals surface area contributed by atoms with Crippen molar-refractivity contribution in [3.63, 3.8) is 0 Å². The number of aromatic hydroxyl groups is 1. The quantitative estimate of drug-likeness (QED) is 0.694. The molecule has 106 valence electrons. The molecule has 0 radical (unpaired) electrons. The van der Waals surface area contributed by atoms with Gasteiger partial charge in [0.25, 0.3) is 0 Å². The van der Waals surface area contributed by atoms with E-state index < -0.39 is 0 Å². The number of carbonyl (C=O) groups is 1. The van der Waals surface area contributed by atoms with Crippen LogP contribution in [0.25, 0.3) is 6.08 Å². The van der Waals surface area contributed by atoms with Gasteiger partial charge >= 0.3 is 0 Å². The molecular weight excluding hydrogens is 292 g/mol. The summed E-state index contributed by atoms with van der Waals surface area (Å²) >= 11 is 6.07. The van der Waals surface area contributed by atoms with E-state index in [-0.39, 0.29) is 18.3 Å². The fourth-order valence-corrected chi connectivity index (χ4v) is 2.28. The number of benzene rings is 2. The Morgan fingerprint density at radius 2 is 2.10 bits per heavy atom. The molecule has 3 rings (SSSR count). The molecule has 2 aromatic carbocycles. The van der Waals surface area contributed by atoms with Crippen LogP contribution in [0.5, 0.6) is 17.2 Å². The van der Waals surface area contributed by atoms with Crippen molar-refractivity contribution in [2.45, 2.75) is 0 Å². The lowest BCUT2D eigenvalue weighted by atomic mass is 10.1. The van der Waals surface area contributed by atoms with Gasteiger partial charge in [-0.1, -0.05) is 29.8 Å². The van der Waals surface area contributed by atoms with E-state index in [1.165, 1.54) is 18.2 Å². The monoisotopic (exact) mass is 302 g/mol. The van der Waals surface area contributed by atoms with Crippen molar-refractivity contribution in [1.82, 2.24) is 0 Å². The van der Waals surface area contributed by atoms with E-state index in [2.05, 4.69) is 0 Å². The van der Waals surface area contributed by atoms with Crippen LogP contribution in [0.2, 0.25) is 5.02 Å². The molecular formula is C16H11ClO4. The van der Waals surface area contributed by atoms with Crippen LogP contribution >= 0.6 is 11.6 Å². The number of fused-ring (bicyclic) bond motifs is 1. The highest BCUT2D eigenvalue weighted by atomic mass is 35.5. The maximum absolute atomic E-state index is 12.0. The summed E-state index contributed by atoms with van der Waals surface area (Å²) in [7, 11) is 0. The topological polar surface area (TPSA) is 55.8 Å². The van der Waals surface area contributed by atoms with Crippen LogP contribution in [0.1, 0.15) is 15.9 Å². The van der Waals surface area contributed by atoms with Crippen molar-refractivity contribution in [2.75, 3.05) is 6.79 Å². The van der Waals surface area contributed by atoms with E-state index in [1.807, 2.05) is 0 Å². The number of phenolic OH excluding ortho intramolecular Hbond substituents is 1. The van der Waals surface area contributed by atoms with Crippen molar-refractivity contribution in [2.24, 2.45) is 0 Å². The molecule has 1 aliphatic rings. The first-order chi connectivity index (χ1) is 10.1. The van der Waals surface area contributed by atoms with Crippen LogP contribution in [0.3, 0.4) is 0 Å². The molecule has 1 aliphatic heterocycles. The fourth-order valence-electron chi connectivity index (χ4n) is 2.01. The molecule has 1 N–H and O–H groups in total. The third kappa shape index (κ3) is 2.85. The van der Waals surface area contributed by atoms with Gasteiger partial charge in [0.2, 0.25) is 6.79 Å². The fraction of sp³-hybridized carbons (Fsp3) is 0.0625. The molecule has 0 aromatic heterocycles. The minimum Gasteiger partial charge on any atom is -0.508 e. The predicted octanol–water partition coefficient (Wildman–Crippen LogP) is 3.67. The molecule has 5 heteroatoms. The van der Waals surface area contributed by atoms with Gasteiger partial charge in [-0.15, -0.1) is 0 Å². The van der Waals surface area contributed by atoms with E-state index >= 15 is 0 Å². The van der Waals surface area contributed by atoms with Crippen molar-refractivity contribution < 1.29 is 19.4 Å². The molecule has 0 spiro atoms. The lowest BCUT2D eigenvalue weighted by molar-refractivity contribution is 0.104. The van der Waals surface area contributed by atoms with Crippen LogP contribution in [0.4, 0.5) is 0 Å². The van der Waals surface area contributed by atoms with Gasteiger partial charge in [-0.3, -0.25) is 4.79 Å². The molecule has 0 bridgehead atoms. The van der Waals surface area contributed by atoms with Crippen molar-refractivity contribution in [3.05, 3.63) is 58.6 Å². The number of ketones is 1. The summed E-state index contributed by atoms with van der Waals surface area (Å²) in [5.74, 6) is 0.931. The molecule has 21 heavy (non-hydrogen) atoms. The van der Waals surface area contributed by atoms with Crippen LogP contribution in [-0.2, 0) is 0 Å². The Morgan fingerprint density at radius 3 is 2.90 bits per heavy atom. The third-order valence-electron chi connectivity index (χ3n) is 3.01. The maximum Gasteiger partial charge on any atom is 0.231 e. The maximum atomic E-state index is 12.0. The summed E-state index contributed by atoms with van der Waals surface area (Å²) in [5.41, 5.74) is 1.15. The highest BCUT2D eigenvalue weighted by Crippen LogP contribution is 2.40. The van der Waals surface area contributed by atoms with Crippen molar-refractivity contribution in [3.8, 4) is 17.2 Å². The predicted molar refractivity (Wildman–Crippen MR) is 79.0 cm³/mol. The Labute approximate surface area is 126 Å². The average Bonchev–Trinajstić information content (AvgIpc) is 2.93. The Morgan fingerprint density at radius 1 is 1.24 bits per heavy atom. The van der Waals surface area contributed by atoms with Gasteiger partial charge in [0.15, 0.2) is 17.3 Å². The van der Waals surface area contributed by atoms with E-state index in [4.69, 9.17) is 21.1 Å². The number of hydrogen-bond acceptors (Lipinski definition) is 4. The van der Waals surface area contributed by atoms with Gasteiger partial charge in [-0.25, -0.2) is 0 Å². The van der Waals surface area contributed by atoms with Gasteiger partial charge in [-0.2, -0.15) is 0 Å². The largest absolute Gasteiger partial charge is 0.508 e. The third-order valence-corrected chi connectivity index (χ3v) is 3.29. The molecule has 0 saturated heterocycles. The summed E-state index contributed by atoms with van der Waals surface area (Å²) in [6, 6.07) is 9.63. The number of allylic oxidation sites excluding steroid dienone is 1. The Bertz CT molecular complexity index is 737. The summed E-state index contributed by atoms with van der Waals surface area (Å²) in [6.07, 6.45) is 3.06. The van der Waals surface area contributed by atoms with Crippen molar-refractivity contribution in [1.29, 1.82) is 0 Å². The van der Waals surface area contributed by atoms with Crippen molar-refractivity contribution >= 4 is 23.5 Å². The van der Waals surface area contributed by atoms with Crippen LogP contribution in [-0.4, -0.2) is 17.7 Å². The average molecular weight is 303 g/mol. The number of rotatable bonds is 3. The SMILES string of the molecule is O=C(/C=C/c1cc(Cl)c2c(c1)OCO2)c1cccc(O)c1. The van der Waals surface area contributed by atoms with Gasteiger partial charge in [0.05, 0.1) is 5.02 Å². The highest BCUT2D eigenvalue weighted by molar-refractivity contribution is 6.32. The summed E-state index contributed by atoms with van der Waals surface area (Å²) in [5, 5.41) is 9.80. The molecule has 0 aliphatic carbocycles. The van der Waals surface area contributed by atoms with Gasteiger partial charge in [0, 0.05) is 5.56 Å². The first-order valence-electron chi connectivity index (χ1n) is 6.24. The second-order valence-corrected chi connectivity index (χ2v) is 4.89. The van der Waals surface area contributed by atoms with E-state index in [1.54, 1.807) is 30.3 Å². The molecule has 0 amide bonds. The molecule has 0 saturated carbocycles. The van der Waals surface area contributed by atoms with E-state index in [0.717, 1.165) is 5.56 Å². The second kappa shape index (κ2) is 5.50. The first kappa shape index (κ1) is 13.5. The zero-order valence-corrected chi connectivity index (χ0v) is 11.6. The van der Waals surface area contributed by atoms with Gasteiger partial charge < -0.3 is 14.6 Å². The standard InChI is InChI=1S/C16H11ClO4/c17-13-6-10(7-15-16(13)21-9-20-15)4-5-14(19)11-2-1-3-12(18)8-11/h1-8,18H,9H2/b5-4+. The van der Waals surface area contributed by atoms with Gasteiger partial charge in [0.1, 0.15) is 5.75 Å². The van der Waals surface area contributed by atoms with Crippen LogP contribution < -0.4 is 9.47 Å². The minimum absolute atomic E-state index is 0.0559. The lowest BCUT2D eigenvalue weighted by Gasteiger charge is -2.01. The summed E-state index contributed by atoms with van der Waals surface area (Å²) < 4.78 is 10.5. The molecule has 0 unspecified atom stereocenters. The number of phenols is 1. The van der Waals surface area contributed by atoms with Crippen LogP contribution in [0.15, 0.2) is 42.5 Å². The van der Waals surface area contributed by atoms with E-state index in [9.17, 15) is 9.90 Å². The Kier molecular flexibility index (Phi) is 3.54. The molecule has 4 nitrogen and oxygen atoms in total. The summed E-state index contributed by atoms with van der Waals surface area (Å²) in [6.45, 7) is 0.143. The number of hydrogen-bond donors (Lipinski definition) is 1. The first-order valence-corrected chi connectivity index (χ1v) is 6.62. The smallest absolute Gasteiger partial charge is 0.231 e. The zero-order valence-electron chi connectivity index (χ0n) is 10.9.